The average molecular weight is 471 g/mol. The predicted molar refractivity (Wildman–Crippen MR) is 111 cm³/mol. The summed E-state index contributed by atoms with van der Waals surface area (Å²) in [7, 11) is 0. The molecule has 0 radical (unpaired) electrons. The number of benzene rings is 2. The molecular formula is C22H18ClF3O6. The number of ether oxygens (including phenoxy) is 3. The number of halogens is 4. The van der Waals surface area contributed by atoms with E-state index in [1.165, 1.54) is 36.4 Å². The lowest BCUT2D eigenvalue weighted by Gasteiger charge is -2.14. The maximum absolute atomic E-state index is 13.7. The molecule has 0 bridgehead atoms. The van der Waals surface area contributed by atoms with E-state index in [9.17, 15) is 22.8 Å². The molecule has 1 aromatic heterocycles. The first-order chi connectivity index (χ1) is 15.2. The largest absolute Gasteiger partial charge is 0.482 e. The van der Waals surface area contributed by atoms with E-state index in [0.29, 0.717) is 6.61 Å². The molecule has 0 aliphatic heterocycles. The molecule has 1 heterocycles. The molecule has 3 aromatic rings. The van der Waals surface area contributed by atoms with Gasteiger partial charge in [-0.25, -0.2) is 4.79 Å². The summed E-state index contributed by atoms with van der Waals surface area (Å²) < 4.78 is 61.4. The first-order valence-corrected chi connectivity index (χ1v) is 9.89. The van der Waals surface area contributed by atoms with Gasteiger partial charge in [0.2, 0.25) is 11.2 Å². The Balaban J connectivity index is 1.94. The highest BCUT2D eigenvalue weighted by molar-refractivity contribution is 6.33. The Bertz CT molecular complexity index is 1170. The fourth-order valence-corrected chi connectivity index (χ4v) is 3.14. The third-order valence-electron chi connectivity index (χ3n) is 4.32. The van der Waals surface area contributed by atoms with Crippen molar-refractivity contribution in [3.05, 3.63) is 63.5 Å². The first kappa shape index (κ1) is 23.6. The molecule has 170 valence electrons. The van der Waals surface area contributed by atoms with Crippen molar-refractivity contribution in [1.29, 1.82) is 0 Å². The van der Waals surface area contributed by atoms with Crippen molar-refractivity contribution < 1.29 is 36.6 Å². The lowest BCUT2D eigenvalue weighted by Crippen LogP contribution is -2.18. The second kappa shape index (κ2) is 10.1. The van der Waals surface area contributed by atoms with Crippen molar-refractivity contribution in [3.8, 4) is 16.9 Å². The molecule has 0 fully saturated rings. The number of fused-ring (bicyclic) bond motifs is 1. The summed E-state index contributed by atoms with van der Waals surface area (Å²) in [5, 5.41) is -0.119. The predicted octanol–water partition coefficient (Wildman–Crippen LogP) is 5.09. The van der Waals surface area contributed by atoms with Crippen LogP contribution < -0.4 is 10.2 Å². The highest BCUT2D eigenvalue weighted by Gasteiger charge is 2.39. The van der Waals surface area contributed by atoms with Crippen molar-refractivity contribution in [2.24, 2.45) is 0 Å². The lowest BCUT2D eigenvalue weighted by atomic mass is 10.0. The zero-order valence-electron chi connectivity index (χ0n) is 16.8. The molecule has 10 heteroatoms. The van der Waals surface area contributed by atoms with Crippen molar-refractivity contribution in [1.82, 2.24) is 0 Å². The molecule has 0 spiro atoms. The van der Waals surface area contributed by atoms with Gasteiger partial charge in [-0.1, -0.05) is 29.8 Å². The smallest absolute Gasteiger partial charge is 0.450 e. The molecule has 0 unspecified atom stereocenters. The van der Waals surface area contributed by atoms with Crippen LogP contribution in [0.4, 0.5) is 13.2 Å². The number of carbonyl (C=O) groups excluding carboxylic acids is 1. The molecule has 0 N–H and O–H groups in total. The van der Waals surface area contributed by atoms with Crippen LogP contribution in [0.5, 0.6) is 5.75 Å². The highest BCUT2D eigenvalue weighted by atomic mass is 35.5. The molecule has 3 rings (SSSR count). The molecule has 0 aliphatic rings. The summed E-state index contributed by atoms with van der Waals surface area (Å²) >= 11 is 6.03. The van der Waals surface area contributed by atoms with Crippen molar-refractivity contribution in [2.75, 3.05) is 26.4 Å². The summed E-state index contributed by atoms with van der Waals surface area (Å²) in [5.74, 6) is -2.13. The monoisotopic (exact) mass is 470 g/mol. The molecule has 0 amide bonds. The zero-order chi connectivity index (χ0) is 23.3. The summed E-state index contributed by atoms with van der Waals surface area (Å²) in [6.45, 7) is 2.07. The Kier molecular flexibility index (Phi) is 7.42. The molecular weight excluding hydrogens is 453 g/mol. The SMILES string of the molecule is CCOCCOC(=O)COc1ccc2c(=O)c(-c3ccccc3Cl)c(C(F)(F)F)oc2c1. The summed E-state index contributed by atoms with van der Waals surface area (Å²) in [5.41, 5.74) is -2.01. The van der Waals surface area contributed by atoms with Gasteiger partial charge in [0.1, 0.15) is 17.9 Å². The molecule has 6 nitrogen and oxygen atoms in total. The Hall–Kier alpha value is -3.04. The Morgan fingerprint density at radius 3 is 2.56 bits per heavy atom. The van der Waals surface area contributed by atoms with Crippen LogP contribution in [0.1, 0.15) is 12.7 Å². The third-order valence-corrected chi connectivity index (χ3v) is 4.65. The second-order valence-electron chi connectivity index (χ2n) is 6.48. The molecule has 0 aliphatic carbocycles. The van der Waals surface area contributed by atoms with E-state index in [-0.39, 0.29) is 40.5 Å². The van der Waals surface area contributed by atoms with E-state index in [2.05, 4.69) is 0 Å². The van der Waals surface area contributed by atoms with Crippen LogP contribution in [0.2, 0.25) is 5.02 Å². The van der Waals surface area contributed by atoms with Gasteiger partial charge in [-0.05, 0) is 25.1 Å². The van der Waals surface area contributed by atoms with E-state index in [0.717, 1.165) is 6.07 Å². The van der Waals surface area contributed by atoms with E-state index in [1.54, 1.807) is 6.92 Å². The van der Waals surface area contributed by atoms with E-state index in [4.69, 9.17) is 30.2 Å². The lowest BCUT2D eigenvalue weighted by molar-refractivity contribution is -0.152. The third kappa shape index (κ3) is 5.41. The van der Waals surface area contributed by atoms with Gasteiger partial charge in [0.25, 0.3) is 0 Å². The van der Waals surface area contributed by atoms with Gasteiger partial charge in [-0.2, -0.15) is 13.2 Å². The number of hydrogen-bond donors (Lipinski definition) is 0. The molecule has 0 atom stereocenters. The minimum atomic E-state index is -4.96. The number of esters is 1. The van der Waals surface area contributed by atoms with Crippen molar-refractivity contribution >= 4 is 28.5 Å². The summed E-state index contributed by atoms with van der Waals surface area (Å²) in [6, 6.07) is 9.40. The summed E-state index contributed by atoms with van der Waals surface area (Å²) in [4.78, 5) is 24.6. The molecule has 32 heavy (non-hydrogen) atoms. The average Bonchev–Trinajstić information content (AvgIpc) is 2.75. The zero-order valence-corrected chi connectivity index (χ0v) is 17.6. The van der Waals surface area contributed by atoms with Crippen LogP contribution in [0, 0.1) is 0 Å². The van der Waals surface area contributed by atoms with Gasteiger partial charge in [0, 0.05) is 23.3 Å². The maximum Gasteiger partial charge on any atom is 0.450 e. The number of carbonyl (C=O) groups is 1. The highest BCUT2D eigenvalue weighted by Crippen LogP contribution is 2.39. The van der Waals surface area contributed by atoms with Crippen LogP contribution in [0.15, 0.2) is 51.7 Å². The van der Waals surface area contributed by atoms with Crippen molar-refractivity contribution in [2.45, 2.75) is 13.1 Å². The van der Waals surface area contributed by atoms with Gasteiger partial charge in [-0.3, -0.25) is 4.79 Å². The number of alkyl halides is 3. The van der Waals surface area contributed by atoms with Gasteiger partial charge < -0.3 is 18.6 Å². The Labute approximate surface area is 185 Å². The number of rotatable bonds is 8. The van der Waals surface area contributed by atoms with E-state index in [1.807, 2.05) is 0 Å². The van der Waals surface area contributed by atoms with Gasteiger partial charge >= 0.3 is 12.1 Å². The summed E-state index contributed by atoms with van der Waals surface area (Å²) in [6.07, 6.45) is -4.96. The van der Waals surface area contributed by atoms with E-state index < -0.39 is 35.5 Å². The van der Waals surface area contributed by atoms with Crippen LogP contribution >= 0.6 is 11.6 Å². The second-order valence-corrected chi connectivity index (χ2v) is 6.88. The minimum absolute atomic E-state index is 0.0209. The molecule has 0 saturated heterocycles. The molecule has 0 saturated carbocycles. The van der Waals surface area contributed by atoms with Crippen molar-refractivity contribution in [3.63, 3.8) is 0 Å². The topological polar surface area (TPSA) is 75.0 Å². The first-order valence-electron chi connectivity index (χ1n) is 9.51. The van der Waals surface area contributed by atoms with Gasteiger partial charge in [0.05, 0.1) is 17.6 Å². The Morgan fingerprint density at radius 1 is 1.12 bits per heavy atom. The van der Waals surface area contributed by atoms with Crippen LogP contribution in [-0.4, -0.2) is 32.4 Å². The maximum atomic E-state index is 13.7. The Morgan fingerprint density at radius 2 is 1.88 bits per heavy atom. The standard InChI is InChI=1S/C22H18ClF3O6/c1-2-29-9-10-30-18(27)12-31-13-7-8-15-17(11-13)32-21(22(24,25)26)19(20(15)28)14-5-3-4-6-16(14)23/h3-8,11H,2,9-10,12H2,1H3. The number of hydrogen-bond acceptors (Lipinski definition) is 6. The quantitative estimate of drug-likeness (QED) is 0.337. The fraction of sp³-hybridized carbons (Fsp3) is 0.273. The van der Waals surface area contributed by atoms with Gasteiger partial charge in [-0.15, -0.1) is 0 Å². The van der Waals surface area contributed by atoms with E-state index >= 15 is 0 Å². The normalized spacial score (nSPS) is 11.5. The van der Waals surface area contributed by atoms with Gasteiger partial charge in [0.15, 0.2) is 6.61 Å². The minimum Gasteiger partial charge on any atom is -0.482 e. The van der Waals surface area contributed by atoms with Crippen LogP contribution in [0.25, 0.3) is 22.1 Å². The van der Waals surface area contributed by atoms with Crippen LogP contribution in [0.3, 0.4) is 0 Å². The molecule has 2 aromatic carbocycles. The van der Waals surface area contributed by atoms with Crippen LogP contribution in [-0.2, 0) is 20.4 Å². The fourth-order valence-electron chi connectivity index (χ4n) is 2.91.